The third-order valence-corrected chi connectivity index (χ3v) is 5.71. The summed E-state index contributed by atoms with van der Waals surface area (Å²) in [5.41, 5.74) is 0. The van der Waals surface area contributed by atoms with Crippen molar-refractivity contribution in [3.05, 3.63) is 0 Å². The molecule has 0 aromatic rings. The number of aliphatic carboxylic acids is 1. The van der Waals surface area contributed by atoms with Crippen LogP contribution in [0.3, 0.4) is 0 Å². The van der Waals surface area contributed by atoms with Gasteiger partial charge in [0.25, 0.3) is 0 Å². The predicted molar refractivity (Wildman–Crippen MR) is 79.8 cm³/mol. The molecule has 0 aliphatic carbocycles. The molecule has 3 atom stereocenters. The SMILES string of the molecule is CCCC[C@H](NC(=O)C1CSC2(C)CCC(=O)N12)C(=O)O. The van der Waals surface area contributed by atoms with E-state index in [1.807, 2.05) is 13.8 Å². The maximum atomic E-state index is 12.4. The molecule has 21 heavy (non-hydrogen) atoms. The Balaban J connectivity index is 2.03. The minimum Gasteiger partial charge on any atom is -0.480 e. The van der Waals surface area contributed by atoms with E-state index in [2.05, 4.69) is 5.32 Å². The zero-order chi connectivity index (χ0) is 15.6. The Bertz CT molecular complexity index is 456. The average Bonchev–Trinajstić information content (AvgIpc) is 2.91. The fraction of sp³-hybridized carbons (Fsp3) is 0.786. The largest absolute Gasteiger partial charge is 0.480 e. The molecule has 2 amide bonds. The number of hydrogen-bond donors (Lipinski definition) is 2. The lowest BCUT2D eigenvalue weighted by atomic mass is 10.1. The molecule has 2 N–H and O–H groups in total. The van der Waals surface area contributed by atoms with Gasteiger partial charge >= 0.3 is 5.97 Å². The van der Waals surface area contributed by atoms with Crippen LogP contribution in [0.15, 0.2) is 0 Å². The average molecular weight is 314 g/mol. The molecular weight excluding hydrogens is 292 g/mol. The number of carbonyl (C=O) groups is 3. The van der Waals surface area contributed by atoms with Crippen LogP contribution in [0.2, 0.25) is 0 Å². The van der Waals surface area contributed by atoms with Crippen molar-refractivity contribution in [2.45, 2.75) is 62.9 Å². The highest BCUT2D eigenvalue weighted by Crippen LogP contribution is 2.47. The second-order valence-corrected chi connectivity index (χ2v) is 7.31. The van der Waals surface area contributed by atoms with Crippen molar-refractivity contribution in [3.8, 4) is 0 Å². The molecule has 2 aliphatic rings. The summed E-state index contributed by atoms with van der Waals surface area (Å²) >= 11 is 1.61. The summed E-state index contributed by atoms with van der Waals surface area (Å²) < 4.78 is 0. The number of unbranched alkanes of at least 4 members (excludes halogenated alkanes) is 1. The van der Waals surface area contributed by atoms with Gasteiger partial charge in [0.15, 0.2) is 0 Å². The summed E-state index contributed by atoms with van der Waals surface area (Å²) in [6.45, 7) is 3.95. The van der Waals surface area contributed by atoms with Crippen LogP contribution in [0.1, 0.15) is 46.0 Å². The van der Waals surface area contributed by atoms with E-state index in [4.69, 9.17) is 0 Å². The predicted octanol–water partition coefficient (Wildman–Crippen LogP) is 1.20. The molecule has 2 fully saturated rings. The number of carbonyl (C=O) groups excluding carboxylic acids is 2. The second-order valence-electron chi connectivity index (χ2n) is 5.81. The van der Waals surface area contributed by atoms with Gasteiger partial charge in [-0.25, -0.2) is 4.79 Å². The van der Waals surface area contributed by atoms with Gasteiger partial charge in [-0.3, -0.25) is 9.59 Å². The zero-order valence-electron chi connectivity index (χ0n) is 12.4. The summed E-state index contributed by atoms with van der Waals surface area (Å²) in [6.07, 6.45) is 3.26. The maximum Gasteiger partial charge on any atom is 0.326 e. The van der Waals surface area contributed by atoms with E-state index in [9.17, 15) is 19.5 Å². The van der Waals surface area contributed by atoms with E-state index in [0.717, 1.165) is 19.3 Å². The number of nitrogens with zero attached hydrogens (tertiary/aromatic N) is 1. The number of nitrogens with one attached hydrogen (secondary N) is 1. The molecule has 2 saturated heterocycles. The molecule has 118 valence electrons. The summed E-state index contributed by atoms with van der Waals surface area (Å²) in [6, 6.07) is -1.41. The number of carboxylic acids is 1. The van der Waals surface area contributed by atoms with Crippen LogP contribution in [0.5, 0.6) is 0 Å². The second kappa shape index (κ2) is 6.25. The fourth-order valence-corrected chi connectivity index (χ4v) is 4.38. The number of amides is 2. The Morgan fingerprint density at radius 1 is 1.57 bits per heavy atom. The van der Waals surface area contributed by atoms with Crippen molar-refractivity contribution in [3.63, 3.8) is 0 Å². The van der Waals surface area contributed by atoms with Crippen LogP contribution >= 0.6 is 11.8 Å². The Morgan fingerprint density at radius 2 is 2.29 bits per heavy atom. The highest BCUT2D eigenvalue weighted by molar-refractivity contribution is 8.01. The molecular formula is C14H22N2O4S. The normalized spacial score (nSPS) is 29.3. The van der Waals surface area contributed by atoms with Crippen LogP contribution in [0, 0.1) is 0 Å². The van der Waals surface area contributed by atoms with Gasteiger partial charge in [0, 0.05) is 12.2 Å². The van der Waals surface area contributed by atoms with Gasteiger partial charge in [0.05, 0.1) is 4.87 Å². The standard InChI is InChI=1S/C14H22N2O4S/c1-3-4-5-9(13(19)20)15-12(18)10-8-21-14(2)7-6-11(17)16(10)14/h9-10H,3-8H2,1-2H3,(H,15,18)(H,19,20)/t9-,10?,14?/m0/s1. The van der Waals surface area contributed by atoms with Gasteiger partial charge in [0.1, 0.15) is 12.1 Å². The van der Waals surface area contributed by atoms with E-state index in [1.165, 1.54) is 0 Å². The Kier molecular flexibility index (Phi) is 4.81. The topological polar surface area (TPSA) is 86.7 Å². The smallest absolute Gasteiger partial charge is 0.326 e. The van der Waals surface area contributed by atoms with Gasteiger partial charge < -0.3 is 15.3 Å². The van der Waals surface area contributed by atoms with E-state index in [-0.39, 0.29) is 16.7 Å². The summed E-state index contributed by atoms with van der Waals surface area (Å²) in [7, 11) is 0. The molecule has 2 heterocycles. The highest BCUT2D eigenvalue weighted by atomic mass is 32.2. The van der Waals surface area contributed by atoms with Crippen LogP contribution < -0.4 is 5.32 Å². The van der Waals surface area contributed by atoms with Crippen molar-refractivity contribution in [2.75, 3.05) is 5.75 Å². The number of rotatable bonds is 6. The number of thioether (sulfide) groups is 1. The van der Waals surface area contributed by atoms with Crippen LogP contribution in [0.25, 0.3) is 0 Å². The lowest BCUT2D eigenvalue weighted by molar-refractivity contribution is -0.144. The minimum atomic E-state index is -1.02. The van der Waals surface area contributed by atoms with Crippen molar-refractivity contribution in [1.82, 2.24) is 10.2 Å². The van der Waals surface area contributed by atoms with Gasteiger partial charge in [-0.2, -0.15) is 0 Å². The molecule has 2 unspecified atom stereocenters. The highest BCUT2D eigenvalue weighted by Gasteiger charge is 2.53. The number of fused-ring (bicyclic) bond motifs is 1. The summed E-state index contributed by atoms with van der Waals surface area (Å²) in [5.74, 6) is -0.834. The number of hydrogen-bond acceptors (Lipinski definition) is 4. The molecule has 0 aromatic heterocycles. The molecule has 2 rings (SSSR count). The van der Waals surface area contributed by atoms with Crippen molar-refractivity contribution >= 4 is 29.5 Å². The van der Waals surface area contributed by atoms with E-state index in [1.54, 1.807) is 16.7 Å². The summed E-state index contributed by atoms with van der Waals surface area (Å²) in [4.78, 5) is 36.9. The fourth-order valence-electron chi connectivity index (χ4n) is 2.95. The molecule has 0 aromatic carbocycles. The zero-order valence-corrected chi connectivity index (χ0v) is 13.2. The Labute approximate surface area is 128 Å². The van der Waals surface area contributed by atoms with Crippen LogP contribution in [-0.2, 0) is 14.4 Å². The lowest BCUT2D eigenvalue weighted by Gasteiger charge is -2.30. The van der Waals surface area contributed by atoms with E-state index < -0.39 is 18.1 Å². The third kappa shape index (κ3) is 3.17. The van der Waals surface area contributed by atoms with Crippen LogP contribution in [0.4, 0.5) is 0 Å². The quantitative estimate of drug-likeness (QED) is 0.769. The van der Waals surface area contributed by atoms with E-state index >= 15 is 0 Å². The molecule has 2 aliphatic heterocycles. The van der Waals surface area contributed by atoms with Gasteiger partial charge in [-0.1, -0.05) is 19.8 Å². The van der Waals surface area contributed by atoms with Crippen molar-refractivity contribution in [2.24, 2.45) is 0 Å². The van der Waals surface area contributed by atoms with Crippen LogP contribution in [-0.4, -0.2) is 50.5 Å². The first kappa shape index (κ1) is 16.1. The van der Waals surface area contributed by atoms with E-state index in [0.29, 0.717) is 18.6 Å². The van der Waals surface area contributed by atoms with Gasteiger partial charge in [0.2, 0.25) is 11.8 Å². The molecule has 0 spiro atoms. The monoisotopic (exact) mass is 314 g/mol. The minimum absolute atomic E-state index is 0.0110. The number of carboxylic acid groups (broad SMARTS) is 1. The van der Waals surface area contributed by atoms with Gasteiger partial charge in [-0.15, -0.1) is 11.8 Å². The molecule has 6 nitrogen and oxygen atoms in total. The first-order valence-corrected chi connectivity index (χ1v) is 8.37. The molecule has 7 heteroatoms. The Hall–Kier alpha value is -1.24. The van der Waals surface area contributed by atoms with Gasteiger partial charge in [-0.05, 0) is 19.8 Å². The molecule has 0 radical (unpaired) electrons. The van der Waals surface area contributed by atoms with Crippen molar-refractivity contribution < 1.29 is 19.5 Å². The molecule has 0 saturated carbocycles. The maximum absolute atomic E-state index is 12.4. The first-order valence-electron chi connectivity index (χ1n) is 7.38. The van der Waals surface area contributed by atoms with Crippen molar-refractivity contribution in [1.29, 1.82) is 0 Å². The summed E-state index contributed by atoms with van der Waals surface area (Å²) in [5, 5.41) is 11.8. The molecule has 0 bridgehead atoms. The Morgan fingerprint density at radius 3 is 2.90 bits per heavy atom. The third-order valence-electron chi connectivity index (χ3n) is 4.21. The lowest BCUT2D eigenvalue weighted by Crippen LogP contribution is -2.53. The first-order chi connectivity index (χ1) is 9.89.